The van der Waals surface area contributed by atoms with Crippen LogP contribution in [0.4, 0.5) is 0 Å². The normalized spacial score (nSPS) is 12.0. The molecule has 0 amide bonds. The third kappa shape index (κ3) is 9.08. The molecular weight excluding hydrogens is 166 g/mol. The van der Waals surface area contributed by atoms with Crippen LogP contribution >= 0.6 is 0 Å². The zero-order valence-corrected chi connectivity index (χ0v) is 9.04. The fraction of sp³-hybridized carbons (Fsp3) is 0.700. The Morgan fingerprint density at radius 2 is 2.00 bits per heavy atom. The van der Waals surface area contributed by atoms with Crippen LogP contribution in [0.5, 0.6) is 0 Å². The molecule has 0 rings (SSSR count). The van der Waals surface area contributed by atoms with Crippen molar-refractivity contribution in [1.29, 1.82) is 0 Å². The molecule has 0 aliphatic carbocycles. The van der Waals surface area contributed by atoms with Gasteiger partial charge in [-0.1, -0.05) is 6.08 Å². The lowest BCUT2D eigenvalue weighted by Crippen LogP contribution is -2.35. The van der Waals surface area contributed by atoms with E-state index in [1.54, 1.807) is 13.0 Å². The van der Waals surface area contributed by atoms with Crippen LogP contribution in [-0.4, -0.2) is 44.7 Å². The molecule has 0 aromatic carbocycles. The first-order chi connectivity index (χ1) is 5.95. The van der Waals surface area contributed by atoms with E-state index < -0.39 is 0 Å². The summed E-state index contributed by atoms with van der Waals surface area (Å²) in [6, 6.07) is 0. The molecule has 76 valence electrons. The molecule has 0 spiro atoms. The van der Waals surface area contributed by atoms with Crippen molar-refractivity contribution in [3.8, 4) is 0 Å². The van der Waals surface area contributed by atoms with Crippen molar-refractivity contribution in [3.63, 3.8) is 0 Å². The first-order valence-electron chi connectivity index (χ1n) is 4.55. The van der Waals surface area contributed by atoms with Crippen molar-refractivity contribution >= 4 is 5.97 Å². The molecule has 0 aromatic heterocycles. The summed E-state index contributed by atoms with van der Waals surface area (Å²) in [5.74, 6) is -0.246. The van der Waals surface area contributed by atoms with E-state index in [4.69, 9.17) is 4.74 Å². The van der Waals surface area contributed by atoms with Crippen molar-refractivity contribution in [2.24, 2.45) is 0 Å². The number of carbonyl (C=O) groups excluding carboxylic acids is 1. The third-order valence-corrected chi connectivity index (χ3v) is 1.52. The highest BCUT2D eigenvalue weighted by Gasteiger charge is 2.06. The van der Waals surface area contributed by atoms with Crippen LogP contribution < -0.4 is 0 Å². The van der Waals surface area contributed by atoms with E-state index in [0.29, 0.717) is 6.61 Å². The van der Waals surface area contributed by atoms with Crippen LogP contribution in [0.15, 0.2) is 12.2 Å². The predicted octanol–water partition coefficient (Wildman–Crippen LogP) is 1.20. The van der Waals surface area contributed by atoms with E-state index in [9.17, 15) is 4.79 Å². The Balaban J connectivity index is 3.41. The van der Waals surface area contributed by atoms with Gasteiger partial charge in [0.25, 0.3) is 0 Å². The summed E-state index contributed by atoms with van der Waals surface area (Å²) in [6.07, 6.45) is 4.03. The minimum absolute atomic E-state index is 0.246. The molecule has 3 heteroatoms. The molecule has 0 heterocycles. The minimum Gasteiger partial charge on any atom is -0.462 e. The SMILES string of the molecule is C/C=C/C(=O)OCCC[N+](C)(C)C. The molecule has 0 aromatic rings. The summed E-state index contributed by atoms with van der Waals surface area (Å²) in [5, 5.41) is 0. The van der Waals surface area contributed by atoms with Crippen LogP contribution in [0.1, 0.15) is 13.3 Å². The standard InChI is InChI=1S/C10H20NO2/c1-5-7-10(12)13-9-6-8-11(2,3)4/h5,7H,6,8-9H2,1-4H3/q+1/b7-5+. The lowest BCUT2D eigenvalue weighted by molar-refractivity contribution is -0.870. The zero-order valence-electron chi connectivity index (χ0n) is 9.04. The van der Waals surface area contributed by atoms with E-state index in [1.165, 1.54) is 6.08 Å². The molecule has 0 N–H and O–H groups in total. The van der Waals surface area contributed by atoms with Crippen molar-refractivity contribution in [1.82, 2.24) is 0 Å². The van der Waals surface area contributed by atoms with Crippen LogP contribution in [0.25, 0.3) is 0 Å². The minimum atomic E-state index is -0.246. The topological polar surface area (TPSA) is 26.3 Å². The van der Waals surface area contributed by atoms with Gasteiger partial charge >= 0.3 is 5.97 Å². The summed E-state index contributed by atoms with van der Waals surface area (Å²) in [6.45, 7) is 3.33. The Morgan fingerprint density at radius 3 is 2.46 bits per heavy atom. The van der Waals surface area contributed by atoms with Gasteiger partial charge in [-0.05, 0) is 6.92 Å². The Labute approximate surface area is 80.6 Å². The number of quaternary nitrogens is 1. The molecule has 0 fully saturated rings. The lowest BCUT2D eigenvalue weighted by Gasteiger charge is -2.23. The largest absolute Gasteiger partial charge is 0.462 e. The Bertz CT molecular complexity index is 180. The molecular formula is C10H20NO2+. The molecule has 0 aliphatic heterocycles. The molecule has 0 saturated heterocycles. The molecule has 3 nitrogen and oxygen atoms in total. The smallest absolute Gasteiger partial charge is 0.330 e. The van der Waals surface area contributed by atoms with Crippen LogP contribution in [0.3, 0.4) is 0 Å². The Kier molecular flexibility index (Phi) is 5.39. The summed E-state index contributed by atoms with van der Waals surface area (Å²) < 4.78 is 5.85. The average Bonchev–Trinajstić information content (AvgIpc) is 1.97. The quantitative estimate of drug-likeness (QED) is 0.279. The van der Waals surface area contributed by atoms with Gasteiger partial charge in [-0.3, -0.25) is 0 Å². The van der Waals surface area contributed by atoms with E-state index in [2.05, 4.69) is 21.1 Å². The summed E-state index contributed by atoms with van der Waals surface area (Å²) >= 11 is 0. The second kappa shape index (κ2) is 5.75. The second-order valence-electron chi connectivity index (χ2n) is 4.03. The van der Waals surface area contributed by atoms with Crippen molar-refractivity contribution in [2.75, 3.05) is 34.3 Å². The van der Waals surface area contributed by atoms with E-state index in [0.717, 1.165) is 17.4 Å². The number of rotatable bonds is 5. The van der Waals surface area contributed by atoms with Crippen molar-refractivity contribution in [3.05, 3.63) is 12.2 Å². The van der Waals surface area contributed by atoms with Crippen molar-refractivity contribution in [2.45, 2.75) is 13.3 Å². The number of hydrogen-bond donors (Lipinski definition) is 0. The van der Waals surface area contributed by atoms with Gasteiger partial charge in [0.1, 0.15) is 0 Å². The molecule has 0 aliphatic rings. The molecule has 0 radical (unpaired) electrons. The number of nitrogens with zero attached hydrogens (tertiary/aromatic N) is 1. The maximum atomic E-state index is 10.9. The van der Waals surface area contributed by atoms with E-state index >= 15 is 0 Å². The number of ether oxygens (including phenoxy) is 1. The fourth-order valence-electron chi connectivity index (χ4n) is 0.896. The van der Waals surface area contributed by atoms with Gasteiger partial charge in [-0.2, -0.15) is 0 Å². The van der Waals surface area contributed by atoms with Gasteiger partial charge in [0.15, 0.2) is 0 Å². The van der Waals surface area contributed by atoms with Gasteiger partial charge in [0, 0.05) is 12.5 Å². The monoisotopic (exact) mass is 186 g/mol. The zero-order chi connectivity index (χ0) is 10.3. The first kappa shape index (κ1) is 12.2. The molecule has 0 atom stereocenters. The molecule has 0 unspecified atom stereocenters. The second-order valence-corrected chi connectivity index (χ2v) is 4.03. The van der Waals surface area contributed by atoms with Crippen LogP contribution in [-0.2, 0) is 9.53 Å². The predicted molar refractivity (Wildman–Crippen MR) is 53.3 cm³/mol. The lowest BCUT2D eigenvalue weighted by atomic mass is 10.4. The Hall–Kier alpha value is -0.830. The highest BCUT2D eigenvalue weighted by atomic mass is 16.5. The maximum absolute atomic E-state index is 10.9. The van der Waals surface area contributed by atoms with Gasteiger partial charge in [-0.15, -0.1) is 0 Å². The van der Waals surface area contributed by atoms with E-state index in [-0.39, 0.29) is 5.97 Å². The van der Waals surface area contributed by atoms with E-state index in [1.807, 2.05) is 0 Å². The number of hydrogen-bond acceptors (Lipinski definition) is 2. The third-order valence-electron chi connectivity index (χ3n) is 1.52. The number of allylic oxidation sites excluding steroid dienone is 1. The highest BCUT2D eigenvalue weighted by Crippen LogP contribution is 1.94. The number of carbonyl (C=O) groups is 1. The highest BCUT2D eigenvalue weighted by molar-refractivity contribution is 5.81. The van der Waals surface area contributed by atoms with Gasteiger partial charge in [0.05, 0.1) is 34.3 Å². The molecule has 13 heavy (non-hydrogen) atoms. The molecule has 0 saturated carbocycles. The average molecular weight is 186 g/mol. The van der Waals surface area contributed by atoms with Crippen LogP contribution in [0, 0.1) is 0 Å². The summed E-state index contributed by atoms with van der Waals surface area (Å²) in [7, 11) is 6.36. The van der Waals surface area contributed by atoms with Gasteiger partial charge in [0.2, 0.25) is 0 Å². The Morgan fingerprint density at radius 1 is 1.38 bits per heavy atom. The first-order valence-corrected chi connectivity index (χ1v) is 4.55. The van der Waals surface area contributed by atoms with Crippen molar-refractivity contribution < 1.29 is 14.0 Å². The fourth-order valence-corrected chi connectivity index (χ4v) is 0.896. The summed E-state index contributed by atoms with van der Waals surface area (Å²) in [5.41, 5.74) is 0. The van der Waals surface area contributed by atoms with Gasteiger partial charge in [-0.25, -0.2) is 4.79 Å². The van der Waals surface area contributed by atoms with Gasteiger partial charge < -0.3 is 9.22 Å². The van der Waals surface area contributed by atoms with Crippen LogP contribution in [0.2, 0.25) is 0 Å². The number of esters is 1. The molecule has 0 bridgehead atoms. The summed E-state index contributed by atoms with van der Waals surface area (Å²) in [4.78, 5) is 10.9. The maximum Gasteiger partial charge on any atom is 0.330 e.